The molecule has 2 N–H and O–H groups in total. The predicted octanol–water partition coefficient (Wildman–Crippen LogP) is 2.41. The lowest BCUT2D eigenvalue weighted by molar-refractivity contribution is -0.00852. The summed E-state index contributed by atoms with van der Waals surface area (Å²) in [6.07, 6.45) is 0.636. The van der Waals surface area contributed by atoms with Gasteiger partial charge in [-0.05, 0) is 11.1 Å². The molecular weight excluding hydrogens is 236 g/mol. The highest BCUT2D eigenvalue weighted by Crippen LogP contribution is 2.38. The van der Waals surface area contributed by atoms with E-state index in [-0.39, 0.29) is 6.04 Å². The van der Waals surface area contributed by atoms with Gasteiger partial charge in [-0.25, -0.2) is 10.4 Å². The van der Waals surface area contributed by atoms with E-state index in [1.165, 1.54) is 5.56 Å². The van der Waals surface area contributed by atoms with Gasteiger partial charge in [0.05, 0.1) is 6.04 Å². The molecule has 0 amide bonds. The summed E-state index contributed by atoms with van der Waals surface area (Å²) in [6, 6.07) is 20.2. The van der Waals surface area contributed by atoms with Crippen LogP contribution in [0, 0.1) is 0 Å². The fourth-order valence-electron chi connectivity index (χ4n) is 2.74. The average molecular weight is 254 g/mol. The molecule has 19 heavy (non-hydrogen) atoms. The molecule has 0 aliphatic carbocycles. The first kappa shape index (κ1) is 12.4. The van der Waals surface area contributed by atoms with Crippen molar-refractivity contribution >= 4 is 0 Å². The van der Waals surface area contributed by atoms with Gasteiger partial charge in [0, 0.05) is 13.5 Å². The quantitative estimate of drug-likeness (QED) is 0.864. The summed E-state index contributed by atoms with van der Waals surface area (Å²) in [5.74, 6) is 0. The van der Waals surface area contributed by atoms with E-state index >= 15 is 0 Å². The van der Waals surface area contributed by atoms with Crippen LogP contribution in [0.4, 0.5) is 0 Å². The molecule has 1 aliphatic rings. The maximum Gasteiger partial charge on any atom is 0.156 e. The Kier molecular flexibility index (Phi) is 3.11. The Bertz CT molecular complexity index is 543. The standard InChI is InChI=1S/C16H18N2O/c1-18-15(13-8-4-2-5-9-13)12-16(19,17-18)14-10-6-3-7-11-14/h2-11,15,17,19H,12H2,1H3. The van der Waals surface area contributed by atoms with Crippen LogP contribution in [0.1, 0.15) is 23.6 Å². The van der Waals surface area contributed by atoms with Crippen molar-refractivity contribution in [2.75, 3.05) is 7.05 Å². The number of hydrogen-bond donors (Lipinski definition) is 2. The maximum absolute atomic E-state index is 10.8. The molecule has 0 bridgehead atoms. The molecular formula is C16H18N2O. The Hall–Kier alpha value is -1.68. The molecule has 1 saturated heterocycles. The zero-order valence-electron chi connectivity index (χ0n) is 11.0. The second-order valence-corrected chi connectivity index (χ2v) is 5.08. The molecule has 0 radical (unpaired) electrons. The fraction of sp³-hybridized carbons (Fsp3) is 0.250. The number of rotatable bonds is 2. The van der Waals surface area contributed by atoms with Crippen molar-refractivity contribution in [3.63, 3.8) is 0 Å². The molecule has 2 aromatic carbocycles. The van der Waals surface area contributed by atoms with Crippen LogP contribution < -0.4 is 5.43 Å². The minimum atomic E-state index is -0.990. The monoisotopic (exact) mass is 254 g/mol. The molecule has 3 heteroatoms. The van der Waals surface area contributed by atoms with E-state index < -0.39 is 5.72 Å². The van der Waals surface area contributed by atoms with Crippen LogP contribution in [0.5, 0.6) is 0 Å². The van der Waals surface area contributed by atoms with E-state index in [1.54, 1.807) is 0 Å². The lowest BCUT2D eigenvalue weighted by Gasteiger charge is -2.23. The third-order valence-electron chi connectivity index (χ3n) is 3.75. The van der Waals surface area contributed by atoms with Crippen molar-refractivity contribution in [3.8, 4) is 0 Å². The van der Waals surface area contributed by atoms with Crippen molar-refractivity contribution < 1.29 is 5.11 Å². The number of benzene rings is 2. The van der Waals surface area contributed by atoms with E-state index in [0.29, 0.717) is 6.42 Å². The maximum atomic E-state index is 10.8. The van der Waals surface area contributed by atoms with Gasteiger partial charge in [-0.2, -0.15) is 0 Å². The molecule has 3 rings (SSSR count). The number of hydrazine groups is 1. The number of hydrogen-bond acceptors (Lipinski definition) is 3. The predicted molar refractivity (Wildman–Crippen MR) is 75.0 cm³/mol. The van der Waals surface area contributed by atoms with Crippen molar-refractivity contribution in [1.29, 1.82) is 0 Å². The molecule has 1 heterocycles. The SMILES string of the molecule is CN1NC(O)(c2ccccc2)CC1c1ccccc1. The van der Waals surface area contributed by atoms with Gasteiger partial charge in [0.15, 0.2) is 5.72 Å². The summed E-state index contributed by atoms with van der Waals surface area (Å²) in [6.45, 7) is 0. The average Bonchev–Trinajstić information content (AvgIpc) is 2.77. The minimum absolute atomic E-state index is 0.173. The van der Waals surface area contributed by atoms with Crippen LogP contribution in [0.25, 0.3) is 0 Å². The lowest BCUT2D eigenvalue weighted by Crippen LogP contribution is -2.41. The van der Waals surface area contributed by atoms with E-state index in [2.05, 4.69) is 17.6 Å². The van der Waals surface area contributed by atoms with Gasteiger partial charge in [-0.1, -0.05) is 60.7 Å². The van der Waals surface area contributed by atoms with Gasteiger partial charge in [0.2, 0.25) is 0 Å². The minimum Gasteiger partial charge on any atom is -0.370 e. The van der Waals surface area contributed by atoms with Gasteiger partial charge in [0.1, 0.15) is 0 Å². The summed E-state index contributed by atoms with van der Waals surface area (Å²) in [5.41, 5.74) is 4.31. The molecule has 0 aromatic heterocycles. The molecule has 2 unspecified atom stereocenters. The molecule has 1 fully saturated rings. The second kappa shape index (κ2) is 4.78. The Morgan fingerprint density at radius 3 is 2.26 bits per heavy atom. The highest BCUT2D eigenvalue weighted by molar-refractivity contribution is 5.26. The van der Waals surface area contributed by atoms with Crippen molar-refractivity contribution in [1.82, 2.24) is 10.4 Å². The topological polar surface area (TPSA) is 35.5 Å². The van der Waals surface area contributed by atoms with Crippen LogP contribution >= 0.6 is 0 Å². The highest BCUT2D eigenvalue weighted by Gasteiger charge is 2.42. The lowest BCUT2D eigenvalue weighted by atomic mass is 9.94. The van der Waals surface area contributed by atoms with Crippen molar-refractivity contribution in [2.24, 2.45) is 0 Å². The van der Waals surface area contributed by atoms with Crippen LogP contribution in [0.2, 0.25) is 0 Å². The highest BCUT2D eigenvalue weighted by atomic mass is 16.3. The number of nitrogens with one attached hydrogen (secondary N) is 1. The van der Waals surface area contributed by atoms with Gasteiger partial charge in [0.25, 0.3) is 0 Å². The number of nitrogens with zero attached hydrogens (tertiary/aromatic N) is 1. The van der Waals surface area contributed by atoms with Crippen LogP contribution in [0.3, 0.4) is 0 Å². The molecule has 98 valence electrons. The van der Waals surface area contributed by atoms with Crippen LogP contribution in [-0.4, -0.2) is 17.2 Å². The smallest absolute Gasteiger partial charge is 0.156 e. The first-order chi connectivity index (χ1) is 9.19. The van der Waals surface area contributed by atoms with E-state index in [9.17, 15) is 5.11 Å². The zero-order chi connectivity index (χ0) is 13.3. The van der Waals surface area contributed by atoms with Gasteiger partial charge in [-0.3, -0.25) is 0 Å². The van der Waals surface area contributed by atoms with Crippen molar-refractivity contribution in [3.05, 3.63) is 71.8 Å². The third-order valence-corrected chi connectivity index (χ3v) is 3.75. The third kappa shape index (κ3) is 2.28. The summed E-state index contributed by atoms with van der Waals surface area (Å²) in [5, 5.41) is 12.8. The molecule has 0 spiro atoms. The largest absolute Gasteiger partial charge is 0.370 e. The zero-order valence-corrected chi connectivity index (χ0v) is 11.0. The molecule has 3 nitrogen and oxygen atoms in total. The summed E-state index contributed by atoms with van der Waals surface area (Å²) >= 11 is 0. The molecule has 1 aliphatic heterocycles. The fourth-order valence-corrected chi connectivity index (χ4v) is 2.74. The second-order valence-electron chi connectivity index (χ2n) is 5.08. The summed E-state index contributed by atoms with van der Waals surface area (Å²) in [7, 11) is 1.97. The number of aliphatic hydroxyl groups is 1. The first-order valence-electron chi connectivity index (χ1n) is 6.52. The van der Waals surface area contributed by atoms with Gasteiger partial charge < -0.3 is 5.11 Å². The molecule has 2 atom stereocenters. The van der Waals surface area contributed by atoms with E-state index in [1.807, 2.05) is 60.6 Å². The van der Waals surface area contributed by atoms with Gasteiger partial charge >= 0.3 is 0 Å². The first-order valence-corrected chi connectivity index (χ1v) is 6.52. The van der Waals surface area contributed by atoms with E-state index in [4.69, 9.17) is 0 Å². The summed E-state index contributed by atoms with van der Waals surface area (Å²) < 4.78 is 0. The molecule has 2 aromatic rings. The van der Waals surface area contributed by atoms with Gasteiger partial charge in [-0.15, -0.1) is 0 Å². The van der Waals surface area contributed by atoms with E-state index in [0.717, 1.165) is 5.56 Å². The normalized spacial score (nSPS) is 27.6. The Morgan fingerprint density at radius 2 is 1.63 bits per heavy atom. The van der Waals surface area contributed by atoms with Crippen molar-refractivity contribution in [2.45, 2.75) is 18.2 Å². The van der Waals surface area contributed by atoms with Crippen LogP contribution in [0.15, 0.2) is 60.7 Å². The summed E-state index contributed by atoms with van der Waals surface area (Å²) in [4.78, 5) is 0. The Labute approximate surface area is 113 Å². The molecule has 0 saturated carbocycles. The Balaban J connectivity index is 1.90. The van der Waals surface area contributed by atoms with Crippen LogP contribution in [-0.2, 0) is 5.72 Å². The Morgan fingerprint density at radius 1 is 1.05 bits per heavy atom.